The summed E-state index contributed by atoms with van der Waals surface area (Å²) in [4.78, 5) is 13.8. The van der Waals surface area contributed by atoms with Crippen molar-refractivity contribution in [1.82, 2.24) is 4.90 Å². The number of hydrogen-bond acceptors (Lipinski definition) is 3. The molecule has 0 amide bonds. The number of anilines is 1. The molecule has 0 fully saturated rings. The largest absolute Gasteiger partial charge is 0.465 e. The monoisotopic (exact) mass is 378 g/mol. The quantitative estimate of drug-likeness (QED) is 0.290. The summed E-state index contributed by atoms with van der Waals surface area (Å²) < 4.78 is 4.73. The highest BCUT2D eigenvalue weighted by molar-refractivity contribution is 7.80. The van der Waals surface area contributed by atoms with Crippen LogP contribution in [0.15, 0.2) is 24.3 Å². The Morgan fingerprint density at radius 1 is 0.962 bits per heavy atom. The summed E-state index contributed by atoms with van der Waals surface area (Å²) in [7, 11) is 1.39. The molecule has 1 rings (SSSR count). The maximum Gasteiger partial charge on any atom is 0.337 e. The summed E-state index contributed by atoms with van der Waals surface area (Å²) in [6, 6.07) is 7.24. The van der Waals surface area contributed by atoms with E-state index in [2.05, 4.69) is 24.1 Å². The minimum atomic E-state index is -0.326. The predicted octanol–water partition coefficient (Wildman–Crippen LogP) is 5.63. The van der Waals surface area contributed by atoms with Gasteiger partial charge in [0.2, 0.25) is 0 Å². The number of rotatable bonds is 12. The van der Waals surface area contributed by atoms with Crippen molar-refractivity contribution in [3.8, 4) is 0 Å². The fourth-order valence-electron chi connectivity index (χ4n) is 2.78. The van der Waals surface area contributed by atoms with Crippen molar-refractivity contribution in [2.24, 2.45) is 0 Å². The Morgan fingerprint density at radius 2 is 1.50 bits per heavy atom. The molecular formula is C21H34N2O2S. The van der Waals surface area contributed by atoms with E-state index in [4.69, 9.17) is 17.0 Å². The highest BCUT2D eigenvalue weighted by Gasteiger charge is 2.10. The van der Waals surface area contributed by atoms with Crippen molar-refractivity contribution in [1.29, 1.82) is 0 Å². The minimum Gasteiger partial charge on any atom is -0.465 e. The highest BCUT2D eigenvalue weighted by Crippen LogP contribution is 2.13. The number of carbonyl (C=O) groups excluding carboxylic acids is 1. The van der Waals surface area contributed by atoms with Crippen molar-refractivity contribution in [3.05, 3.63) is 29.8 Å². The number of ether oxygens (including phenoxy) is 1. The Balaban J connectivity index is 2.59. The first kappa shape index (κ1) is 22.4. The molecule has 0 aliphatic rings. The number of esters is 1. The van der Waals surface area contributed by atoms with E-state index in [0.29, 0.717) is 5.56 Å². The van der Waals surface area contributed by atoms with Crippen molar-refractivity contribution >= 4 is 29.0 Å². The van der Waals surface area contributed by atoms with Crippen LogP contribution in [-0.4, -0.2) is 36.2 Å². The second-order valence-electron chi connectivity index (χ2n) is 6.61. The summed E-state index contributed by atoms with van der Waals surface area (Å²) in [5, 5.41) is 4.08. The third kappa shape index (κ3) is 8.65. The smallest absolute Gasteiger partial charge is 0.337 e. The summed E-state index contributed by atoms with van der Waals surface area (Å²) in [6.07, 6.45) is 9.88. The van der Waals surface area contributed by atoms with Crippen molar-refractivity contribution < 1.29 is 9.53 Å². The maximum atomic E-state index is 11.5. The molecule has 0 spiro atoms. The van der Waals surface area contributed by atoms with Gasteiger partial charge in [0, 0.05) is 18.8 Å². The van der Waals surface area contributed by atoms with E-state index < -0.39 is 0 Å². The van der Waals surface area contributed by atoms with Crippen LogP contribution in [0.3, 0.4) is 0 Å². The van der Waals surface area contributed by atoms with Crippen LogP contribution >= 0.6 is 12.2 Å². The van der Waals surface area contributed by atoms with Crippen molar-refractivity contribution in [2.45, 2.75) is 65.2 Å². The molecule has 1 aromatic carbocycles. The van der Waals surface area contributed by atoms with Gasteiger partial charge in [-0.1, -0.05) is 52.4 Å². The molecule has 0 saturated heterocycles. The standard InChI is InChI=1S/C21H34N2O2S/c1-4-6-8-10-16-23(17-11-9-7-5-2)21(26)22-19-14-12-18(13-15-19)20(24)25-3/h12-15H,4-11,16-17H2,1-3H3,(H,22,26). The molecule has 146 valence electrons. The zero-order chi connectivity index (χ0) is 19.2. The normalized spacial score (nSPS) is 10.4. The Bertz CT molecular complexity index is 519. The SMILES string of the molecule is CCCCCCN(CCCCCC)C(=S)Nc1ccc(C(=O)OC)cc1. The van der Waals surface area contributed by atoms with Gasteiger partial charge in [0.1, 0.15) is 0 Å². The first-order chi connectivity index (χ1) is 12.6. The van der Waals surface area contributed by atoms with Crippen molar-refractivity contribution in [2.75, 3.05) is 25.5 Å². The first-order valence-electron chi connectivity index (χ1n) is 9.86. The zero-order valence-electron chi connectivity index (χ0n) is 16.6. The van der Waals surface area contributed by atoms with Gasteiger partial charge < -0.3 is 15.0 Å². The maximum absolute atomic E-state index is 11.5. The minimum absolute atomic E-state index is 0.326. The van der Waals surface area contributed by atoms with E-state index >= 15 is 0 Å². The summed E-state index contributed by atoms with van der Waals surface area (Å²) in [5.74, 6) is -0.326. The Kier molecular flexibility index (Phi) is 11.7. The van der Waals surface area contributed by atoms with Crippen LogP contribution in [0.4, 0.5) is 5.69 Å². The van der Waals surface area contributed by atoms with Crippen LogP contribution in [0.5, 0.6) is 0 Å². The fraction of sp³-hybridized carbons (Fsp3) is 0.619. The number of hydrogen-bond donors (Lipinski definition) is 1. The number of methoxy groups -OCH3 is 1. The molecule has 0 radical (unpaired) electrons. The second kappa shape index (κ2) is 13.6. The average molecular weight is 379 g/mol. The number of carbonyl (C=O) groups is 1. The van der Waals surface area contributed by atoms with Gasteiger partial charge in [-0.15, -0.1) is 0 Å². The number of benzene rings is 1. The molecule has 5 heteroatoms. The lowest BCUT2D eigenvalue weighted by atomic mass is 10.1. The van der Waals surface area contributed by atoms with Gasteiger partial charge in [-0.2, -0.15) is 0 Å². The predicted molar refractivity (Wildman–Crippen MR) is 114 cm³/mol. The lowest BCUT2D eigenvalue weighted by molar-refractivity contribution is 0.0601. The molecule has 4 nitrogen and oxygen atoms in total. The molecule has 0 atom stereocenters. The van der Waals surface area contributed by atoms with Crippen LogP contribution in [0.2, 0.25) is 0 Å². The molecule has 0 heterocycles. The molecule has 1 aromatic rings. The van der Waals surface area contributed by atoms with Gasteiger partial charge in [0.05, 0.1) is 12.7 Å². The Hall–Kier alpha value is -1.62. The molecule has 26 heavy (non-hydrogen) atoms. The molecule has 1 N–H and O–H groups in total. The third-order valence-corrected chi connectivity index (χ3v) is 4.77. The number of nitrogens with zero attached hydrogens (tertiary/aromatic N) is 1. The number of unbranched alkanes of at least 4 members (excludes halogenated alkanes) is 6. The summed E-state index contributed by atoms with van der Waals surface area (Å²) in [6.45, 7) is 6.45. The van der Waals surface area contributed by atoms with E-state index in [1.165, 1.54) is 58.5 Å². The van der Waals surface area contributed by atoms with Crippen LogP contribution < -0.4 is 5.32 Å². The number of nitrogens with one attached hydrogen (secondary N) is 1. The van der Waals surface area contributed by atoms with Gasteiger partial charge in [0.15, 0.2) is 5.11 Å². The summed E-state index contributed by atoms with van der Waals surface area (Å²) in [5.41, 5.74) is 1.44. The molecule has 0 unspecified atom stereocenters. The van der Waals surface area contributed by atoms with E-state index in [1.54, 1.807) is 12.1 Å². The average Bonchev–Trinajstić information content (AvgIpc) is 2.66. The van der Waals surface area contributed by atoms with E-state index in [1.807, 2.05) is 12.1 Å². The van der Waals surface area contributed by atoms with Gasteiger partial charge >= 0.3 is 5.97 Å². The van der Waals surface area contributed by atoms with Gasteiger partial charge in [-0.25, -0.2) is 4.79 Å². The molecule has 0 bridgehead atoms. The van der Waals surface area contributed by atoms with Crippen LogP contribution in [0, 0.1) is 0 Å². The first-order valence-corrected chi connectivity index (χ1v) is 10.3. The lowest BCUT2D eigenvalue weighted by Crippen LogP contribution is -2.36. The molecule has 0 saturated carbocycles. The van der Waals surface area contributed by atoms with Crippen LogP contribution in [0.1, 0.15) is 75.6 Å². The third-order valence-electron chi connectivity index (χ3n) is 4.41. The Labute approximate surface area is 164 Å². The molecule has 0 aliphatic carbocycles. The molecule has 0 aromatic heterocycles. The molecule has 0 aliphatic heterocycles. The van der Waals surface area contributed by atoms with Gasteiger partial charge in [-0.3, -0.25) is 0 Å². The number of thiocarbonyl (C=S) groups is 1. The summed E-state index contributed by atoms with van der Waals surface area (Å²) >= 11 is 5.64. The van der Waals surface area contributed by atoms with E-state index in [-0.39, 0.29) is 5.97 Å². The van der Waals surface area contributed by atoms with E-state index in [0.717, 1.165) is 23.9 Å². The molecular weight excluding hydrogens is 344 g/mol. The lowest BCUT2D eigenvalue weighted by Gasteiger charge is -2.26. The zero-order valence-corrected chi connectivity index (χ0v) is 17.4. The van der Waals surface area contributed by atoms with Gasteiger partial charge in [-0.05, 0) is 49.3 Å². The second-order valence-corrected chi connectivity index (χ2v) is 6.99. The van der Waals surface area contributed by atoms with Gasteiger partial charge in [0.25, 0.3) is 0 Å². The van der Waals surface area contributed by atoms with Crippen LogP contribution in [-0.2, 0) is 4.74 Å². The van der Waals surface area contributed by atoms with Crippen molar-refractivity contribution in [3.63, 3.8) is 0 Å². The topological polar surface area (TPSA) is 41.6 Å². The van der Waals surface area contributed by atoms with E-state index in [9.17, 15) is 4.79 Å². The highest BCUT2D eigenvalue weighted by atomic mass is 32.1. The van der Waals surface area contributed by atoms with Crippen LogP contribution in [0.25, 0.3) is 0 Å². The fourth-order valence-corrected chi connectivity index (χ4v) is 3.08. The Morgan fingerprint density at radius 3 is 1.96 bits per heavy atom.